The molecule has 18 heavy (non-hydrogen) atoms. The number of amides is 1. The van der Waals surface area contributed by atoms with Crippen molar-refractivity contribution in [1.82, 2.24) is 4.90 Å². The third-order valence-corrected chi connectivity index (χ3v) is 4.65. The van der Waals surface area contributed by atoms with Crippen LogP contribution in [0, 0.1) is 0 Å². The summed E-state index contributed by atoms with van der Waals surface area (Å²) in [6, 6.07) is 4.63. The van der Waals surface area contributed by atoms with Crippen molar-refractivity contribution < 1.29 is 13.2 Å². The number of rotatable bonds is 4. The molecule has 0 unspecified atom stereocenters. The van der Waals surface area contributed by atoms with E-state index in [2.05, 4.69) is 15.9 Å². The maximum Gasteiger partial charge on any atom is 0.223 e. The summed E-state index contributed by atoms with van der Waals surface area (Å²) < 4.78 is 24.8. The zero-order chi connectivity index (χ0) is 13.9. The third kappa shape index (κ3) is 3.71. The standard InChI is InChI=1S/C11H15BrN2O3S/c1-14(2)11(15)5-6-18(16,17)10-7-8(12)3-4-9(10)13/h3-4,7H,5-6,13H2,1-2H3. The fraction of sp³-hybridized carbons (Fsp3) is 0.364. The predicted molar refractivity (Wildman–Crippen MR) is 73.9 cm³/mol. The molecule has 7 heteroatoms. The molecule has 2 N–H and O–H groups in total. The van der Waals surface area contributed by atoms with Gasteiger partial charge < -0.3 is 10.6 Å². The van der Waals surface area contributed by atoms with Crippen LogP contribution in [0.4, 0.5) is 5.69 Å². The van der Waals surface area contributed by atoms with Crippen LogP contribution < -0.4 is 5.73 Å². The van der Waals surface area contributed by atoms with Crippen LogP contribution in [0.3, 0.4) is 0 Å². The first-order valence-corrected chi connectivity index (χ1v) is 7.66. The van der Waals surface area contributed by atoms with E-state index in [0.717, 1.165) is 0 Å². The number of hydrogen-bond acceptors (Lipinski definition) is 4. The van der Waals surface area contributed by atoms with Gasteiger partial charge in [-0.3, -0.25) is 4.79 Å². The Hall–Kier alpha value is -1.08. The summed E-state index contributed by atoms with van der Waals surface area (Å²) in [5.41, 5.74) is 5.84. The van der Waals surface area contributed by atoms with Crippen molar-refractivity contribution in [1.29, 1.82) is 0 Å². The van der Waals surface area contributed by atoms with E-state index in [9.17, 15) is 13.2 Å². The summed E-state index contributed by atoms with van der Waals surface area (Å²) in [7, 11) is -0.373. The molecule has 1 aromatic rings. The molecule has 0 saturated heterocycles. The summed E-state index contributed by atoms with van der Waals surface area (Å²) in [6.45, 7) is 0. The summed E-state index contributed by atoms with van der Waals surface area (Å²) in [5.74, 6) is -0.475. The van der Waals surface area contributed by atoms with Gasteiger partial charge in [-0.05, 0) is 18.2 Å². The minimum atomic E-state index is -3.54. The summed E-state index contributed by atoms with van der Waals surface area (Å²) in [4.78, 5) is 12.8. The minimum Gasteiger partial charge on any atom is -0.398 e. The quantitative estimate of drug-likeness (QED) is 0.841. The summed E-state index contributed by atoms with van der Waals surface area (Å²) in [6.07, 6.45) is -0.0543. The first-order chi connectivity index (χ1) is 8.24. The molecule has 0 aliphatic heterocycles. The highest BCUT2D eigenvalue weighted by atomic mass is 79.9. The molecule has 100 valence electrons. The van der Waals surface area contributed by atoms with Gasteiger partial charge in [0.25, 0.3) is 0 Å². The Bertz CT molecular complexity index is 555. The van der Waals surface area contributed by atoms with Crippen LogP contribution in [0.2, 0.25) is 0 Å². The second kappa shape index (κ2) is 5.71. The SMILES string of the molecule is CN(C)C(=O)CCS(=O)(=O)c1cc(Br)ccc1N. The summed E-state index contributed by atoms with van der Waals surface area (Å²) >= 11 is 3.20. The monoisotopic (exact) mass is 334 g/mol. The number of anilines is 1. The molecule has 0 heterocycles. The molecule has 0 aliphatic carbocycles. The third-order valence-electron chi connectivity index (χ3n) is 2.39. The smallest absolute Gasteiger partial charge is 0.223 e. The molecule has 0 atom stereocenters. The number of benzene rings is 1. The average molecular weight is 335 g/mol. The van der Waals surface area contributed by atoms with Crippen LogP contribution in [0.25, 0.3) is 0 Å². The number of nitrogens with two attached hydrogens (primary N) is 1. The van der Waals surface area contributed by atoms with E-state index in [1.807, 2.05) is 0 Å². The normalized spacial score (nSPS) is 11.3. The minimum absolute atomic E-state index is 0.0543. The van der Waals surface area contributed by atoms with Crippen molar-refractivity contribution in [2.45, 2.75) is 11.3 Å². The zero-order valence-electron chi connectivity index (χ0n) is 10.2. The van der Waals surface area contributed by atoms with Crippen LogP contribution in [0.1, 0.15) is 6.42 Å². The van der Waals surface area contributed by atoms with Crippen LogP contribution in [-0.2, 0) is 14.6 Å². The molecule has 1 amide bonds. The van der Waals surface area contributed by atoms with Crippen LogP contribution in [-0.4, -0.2) is 39.1 Å². The van der Waals surface area contributed by atoms with E-state index in [-0.39, 0.29) is 28.7 Å². The predicted octanol–water partition coefficient (Wildman–Crippen LogP) is 1.28. The highest BCUT2D eigenvalue weighted by Gasteiger charge is 2.20. The number of carbonyl (C=O) groups excluding carboxylic acids is 1. The Morgan fingerprint density at radius 1 is 1.39 bits per heavy atom. The Morgan fingerprint density at radius 2 is 2.00 bits per heavy atom. The molecule has 0 radical (unpaired) electrons. The second-order valence-electron chi connectivity index (χ2n) is 4.04. The van der Waals surface area contributed by atoms with E-state index in [4.69, 9.17) is 5.73 Å². The van der Waals surface area contributed by atoms with Gasteiger partial charge in [0.05, 0.1) is 16.3 Å². The molecule has 0 aromatic heterocycles. The van der Waals surface area contributed by atoms with Crippen molar-refractivity contribution in [3.05, 3.63) is 22.7 Å². The van der Waals surface area contributed by atoms with Crippen LogP contribution >= 0.6 is 15.9 Å². The first-order valence-electron chi connectivity index (χ1n) is 5.22. The lowest BCUT2D eigenvalue weighted by Crippen LogP contribution is -2.24. The fourth-order valence-electron chi connectivity index (χ4n) is 1.33. The number of sulfone groups is 1. The van der Waals surface area contributed by atoms with Crippen LogP contribution in [0.15, 0.2) is 27.6 Å². The van der Waals surface area contributed by atoms with Crippen LogP contribution in [0.5, 0.6) is 0 Å². The highest BCUT2D eigenvalue weighted by Crippen LogP contribution is 2.24. The highest BCUT2D eigenvalue weighted by molar-refractivity contribution is 9.10. The van der Waals surface area contributed by atoms with E-state index in [0.29, 0.717) is 4.47 Å². The molecule has 0 saturated carbocycles. The zero-order valence-corrected chi connectivity index (χ0v) is 12.6. The first kappa shape index (κ1) is 15.0. The molecule has 1 rings (SSSR count). The molecule has 1 aromatic carbocycles. The summed E-state index contributed by atoms with van der Waals surface area (Å²) in [5, 5.41) is 0. The maximum absolute atomic E-state index is 12.1. The molecular weight excluding hydrogens is 320 g/mol. The fourth-order valence-corrected chi connectivity index (χ4v) is 3.24. The maximum atomic E-state index is 12.1. The number of halogens is 1. The van der Waals surface area contributed by atoms with E-state index in [1.54, 1.807) is 20.2 Å². The number of carbonyl (C=O) groups is 1. The van der Waals surface area contributed by atoms with Gasteiger partial charge in [-0.2, -0.15) is 0 Å². The van der Waals surface area contributed by atoms with Crippen molar-refractivity contribution in [2.24, 2.45) is 0 Å². The molecular formula is C11H15BrN2O3S. The van der Waals surface area contributed by atoms with Gasteiger partial charge in [-0.15, -0.1) is 0 Å². The number of nitrogen functional groups attached to an aromatic ring is 1. The largest absolute Gasteiger partial charge is 0.398 e. The Balaban J connectivity index is 2.93. The lowest BCUT2D eigenvalue weighted by Gasteiger charge is -2.11. The topological polar surface area (TPSA) is 80.5 Å². The lowest BCUT2D eigenvalue weighted by molar-refractivity contribution is -0.128. The average Bonchev–Trinajstić information content (AvgIpc) is 2.29. The van der Waals surface area contributed by atoms with Gasteiger partial charge >= 0.3 is 0 Å². The van der Waals surface area contributed by atoms with Crippen molar-refractivity contribution in [3.63, 3.8) is 0 Å². The van der Waals surface area contributed by atoms with E-state index in [1.165, 1.54) is 17.0 Å². The molecule has 5 nitrogen and oxygen atoms in total. The second-order valence-corrected chi connectivity index (χ2v) is 7.03. The van der Waals surface area contributed by atoms with E-state index < -0.39 is 9.84 Å². The van der Waals surface area contributed by atoms with Crippen molar-refractivity contribution >= 4 is 37.4 Å². The van der Waals surface area contributed by atoms with Crippen molar-refractivity contribution in [3.8, 4) is 0 Å². The molecule has 0 spiro atoms. The van der Waals surface area contributed by atoms with Crippen molar-refractivity contribution in [2.75, 3.05) is 25.6 Å². The van der Waals surface area contributed by atoms with Gasteiger partial charge in [0, 0.05) is 25.0 Å². The van der Waals surface area contributed by atoms with Gasteiger partial charge in [-0.1, -0.05) is 15.9 Å². The molecule has 0 bridgehead atoms. The lowest BCUT2D eigenvalue weighted by atomic mass is 10.3. The van der Waals surface area contributed by atoms with Gasteiger partial charge in [0.15, 0.2) is 9.84 Å². The van der Waals surface area contributed by atoms with Gasteiger partial charge in [0.1, 0.15) is 0 Å². The van der Waals surface area contributed by atoms with Gasteiger partial charge in [0.2, 0.25) is 5.91 Å². The van der Waals surface area contributed by atoms with Gasteiger partial charge in [-0.25, -0.2) is 8.42 Å². The number of nitrogens with zero attached hydrogens (tertiary/aromatic N) is 1. The number of hydrogen-bond donors (Lipinski definition) is 1. The van der Waals surface area contributed by atoms with E-state index >= 15 is 0 Å². The Labute approximate surface area is 115 Å². The Kier molecular flexibility index (Phi) is 4.75. The molecule has 0 aliphatic rings. The Morgan fingerprint density at radius 3 is 2.56 bits per heavy atom. The molecule has 0 fully saturated rings.